The van der Waals surface area contributed by atoms with E-state index in [4.69, 9.17) is 9.47 Å². The van der Waals surface area contributed by atoms with E-state index in [1.807, 2.05) is 18.2 Å². The maximum absolute atomic E-state index is 12.7. The lowest BCUT2D eigenvalue weighted by Gasteiger charge is -2.11. The third-order valence-corrected chi connectivity index (χ3v) is 3.99. The highest BCUT2D eigenvalue weighted by Crippen LogP contribution is 2.32. The standard InChI is InChI=1S/C21H17N3O3.ClH/c1-26-19-10-3-6-14(20(19)27-2)12-15(13-22)21(25)24-18-9-4-8-17-16(18)7-5-11-23-17;/h3-12H,1-2H3,(H,24,25);1H/b15-12+;. The van der Waals surface area contributed by atoms with E-state index in [9.17, 15) is 10.1 Å². The van der Waals surface area contributed by atoms with Gasteiger partial charge in [-0.3, -0.25) is 9.78 Å². The number of carbonyl (C=O) groups is 1. The average molecular weight is 396 g/mol. The SMILES string of the molecule is COc1cccc(/C=C(\C#N)C(=O)Nc2cccc3ncccc23)c1OC.Cl. The van der Waals surface area contributed by atoms with Crippen molar-refractivity contribution in [2.24, 2.45) is 0 Å². The van der Waals surface area contributed by atoms with Gasteiger partial charge in [0.05, 0.1) is 25.4 Å². The van der Waals surface area contributed by atoms with Crippen LogP contribution in [-0.2, 0) is 4.79 Å². The highest BCUT2D eigenvalue weighted by molar-refractivity contribution is 6.12. The summed E-state index contributed by atoms with van der Waals surface area (Å²) in [6.45, 7) is 0. The summed E-state index contributed by atoms with van der Waals surface area (Å²) in [4.78, 5) is 16.9. The van der Waals surface area contributed by atoms with Gasteiger partial charge in [-0.1, -0.05) is 18.2 Å². The number of halogens is 1. The van der Waals surface area contributed by atoms with Gasteiger partial charge in [0.15, 0.2) is 11.5 Å². The Hall–Kier alpha value is -3.56. The van der Waals surface area contributed by atoms with Crippen molar-refractivity contribution in [3.63, 3.8) is 0 Å². The first kappa shape index (κ1) is 20.7. The van der Waals surface area contributed by atoms with Gasteiger partial charge in [-0.2, -0.15) is 5.26 Å². The van der Waals surface area contributed by atoms with Crippen LogP contribution in [-0.4, -0.2) is 25.1 Å². The number of methoxy groups -OCH3 is 2. The number of ether oxygens (including phenoxy) is 2. The monoisotopic (exact) mass is 395 g/mol. The number of aromatic nitrogens is 1. The number of para-hydroxylation sites is 1. The molecule has 1 aromatic heterocycles. The Morgan fingerprint density at radius 3 is 2.61 bits per heavy atom. The van der Waals surface area contributed by atoms with E-state index >= 15 is 0 Å². The van der Waals surface area contributed by atoms with Crippen molar-refractivity contribution in [2.45, 2.75) is 0 Å². The second-order valence-electron chi connectivity index (χ2n) is 5.58. The molecule has 0 fully saturated rings. The molecule has 142 valence electrons. The normalized spacial score (nSPS) is 10.5. The molecule has 2 aromatic carbocycles. The molecular weight excluding hydrogens is 378 g/mol. The van der Waals surface area contributed by atoms with Gasteiger partial charge < -0.3 is 14.8 Å². The third-order valence-electron chi connectivity index (χ3n) is 3.99. The first-order valence-electron chi connectivity index (χ1n) is 8.16. The number of nitrogens with zero attached hydrogens (tertiary/aromatic N) is 2. The predicted molar refractivity (Wildman–Crippen MR) is 111 cm³/mol. The van der Waals surface area contributed by atoms with Crippen molar-refractivity contribution in [2.75, 3.05) is 19.5 Å². The van der Waals surface area contributed by atoms with Crippen LogP contribution in [0.4, 0.5) is 5.69 Å². The molecule has 1 heterocycles. The maximum atomic E-state index is 12.7. The summed E-state index contributed by atoms with van der Waals surface area (Å²) in [6.07, 6.45) is 3.16. The predicted octanol–water partition coefficient (Wildman–Crippen LogP) is 4.22. The molecular formula is C21H18ClN3O3. The molecule has 0 aliphatic rings. The van der Waals surface area contributed by atoms with Crippen molar-refractivity contribution in [1.82, 2.24) is 4.98 Å². The molecule has 1 N–H and O–H groups in total. The molecule has 0 aliphatic heterocycles. The molecule has 0 saturated carbocycles. The lowest BCUT2D eigenvalue weighted by molar-refractivity contribution is -0.112. The fourth-order valence-electron chi connectivity index (χ4n) is 2.73. The molecule has 0 radical (unpaired) electrons. The fourth-order valence-corrected chi connectivity index (χ4v) is 2.73. The Balaban J connectivity index is 0.00000280. The van der Waals surface area contributed by atoms with E-state index < -0.39 is 5.91 Å². The minimum absolute atomic E-state index is 0. The van der Waals surface area contributed by atoms with Crippen LogP contribution in [0.2, 0.25) is 0 Å². The van der Waals surface area contributed by atoms with Gasteiger partial charge in [-0.15, -0.1) is 12.4 Å². The summed E-state index contributed by atoms with van der Waals surface area (Å²) in [7, 11) is 3.03. The number of rotatable bonds is 5. The Bertz CT molecular complexity index is 1070. The van der Waals surface area contributed by atoms with E-state index in [0.29, 0.717) is 22.7 Å². The van der Waals surface area contributed by atoms with Crippen LogP contribution in [0.3, 0.4) is 0 Å². The largest absolute Gasteiger partial charge is 0.493 e. The lowest BCUT2D eigenvalue weighted by Crippen LogP contribution is -2.13. The molecule has 0 saturated heterocycles. The number of benzene rings is 2. The van der Waals surface area contributed by atoms with Crippen molar-refractivity contribution in [1.29, 1.82) is 5.26 Å². The van der Waals surface area contributed by atoms with Crippen LogP contribution < -0.4 is 14.8 Å². The lowest BCUT2D eigenvalue weighted by atomic mass is 10.1. The van der Waals surface area contributed by atoms with Gasteiger partial charge in [-0.05, 0) is 36.4 Å². The zero-order valence-electron chi connectivity index (χ0n) is 15.3. The van der Waals surface area contributed by atoms with Crippen molar-refractivity contribution < 1.29 is 14.3 Å². The number of carbonyl (C=O) groups excluding carboxylic acids is 1. The zero-order chi connectivity index (χ0) is 19.2. The Morgan fingerprint density at radius 2 is 1.89 bits per heavy atom. The van der Waals surface area contributed by atoms with Gasteiger partial charge in [0.2, 0.25) is 0 Å². The van der Waals surface area contributed by atoms with E-state index in [1.54, 1.807) is 42.6 Å². The number of pyridine rings is 1. The van der Waals surface area contributed by atoms with E-state index in [2.05, 4.69) is 10.3 Å². The van der Waals surface area contributed by atoms with Crippen LogP contribution >= 0.6 is 12.4 Å². The minimum Gasteiger partial charge on any atom is -0.493 e. The highest BCUT2D eigenvalue weighted by atomic mass is 35.5. The molecule has 7 heteroatoms. The number of hydrogen-bond donors (Lipinski definition) is 1. The van der Waals surface area contributed by atoms with Crippen molar-refractivity contribution in [3.8, 4) is 17.6 Å². The van der Waals surface area contributed by atoms with Crippen LogP contribution in [0.1, 0.15) is 5.56 Å². The molecule has 0 aliphatic carbocycles. The summed E-state index contributed by atoms with van der Waals surface area (Å²) >= 11 is 0. The number of anilines is 1. The second-order valence-corrected chi connectivity index (χ2v) is 5.58. The summed E-state index contributed by atoms with van der Waals surface area (Å²) in [6, 6.07) is 16.3. The van der Waals surface area contributed by atoms with Crippen LogP contribution in [0.25, 0.3) is 17.0 Å². The van der Waals surface area contributed by atoms with Gasteiger partial charge in [-0.25, -0.2) is 0 Å². The molecule has 3 aromatic rings. The highest BCUT2D eigenvalue weighted by Gasteiger charge is 2.14. The first-order valence-corrected chi connectivity index (χ1v) is 8.16. The number of fused-ring (bicyclic) bond motifs is 1. The van der Waals surface area contributed by atoms with Crippen molar-refractivity contribution >= 4 is 41.0 Å². The average Bonchev–Trinajstić information content (AvgIpc) is 2.71. The summed E-state index contributed by atoms with van der Waals surface area (Å²) in [5, 5.41) is 13.1. The van der Waals surface area contributed by atoms with Crippen LogP contribution in [0.5, 0.6) is 11.5 Å². The zero-order valence-corrected chi connectivity index (χ0v) is 16.1. The molecule has 0 atom stereocenters. The van der Waals surface area contributed by atoms with Gasteiger partial charge in [0, 0.05) is 17.1 Å². The summed E-state index contributed by atoms with van der Waals surface area (Å²) in [5.74, 6) is 0.456. The maximum Gasteiger partial charge on any atom is 0.266 e. The Labute approximate surface area is 168 Å². The van der Waals surface area contributed by atoms with Gasteiger partial charge in [0.25, 0.3) is 5.91 Å². The molecule has 0 spiro atoms. The van der Waals surface area contributed by atoms with Gasteiger partial charge >= 0.3 is 0 Å². The van der Waals surface area contributed by atoms with Crippen molar-refractivity contribution in [3.05, 3.63) is 65.9 Å². The fraction of sp³-hybridized carbons (Fsp3) is 0.0952. The number of nitriles is 1. The Morgan fingerprint density at radius 1 is 1.11 bits per heavy atom. The number of nitrogens with one attached hydrogen (secondary N) is 1. The van der Waals surface area contributed by atoms with E-state index in [-0.39, 0.29) is 18.0 Å². The topological polar surface area (TPSA) is 84.2 Å². The first-order chi connectivity index (χ1) is 13.2. The molecule has 0 bridgehead atoms. The third kappa shape index (κ3) is 4.22. The molecule has 0 unspecified atom stereocenters. The molecule has 3 rings (SSSR count). The van der Waals surface area contributed by atoms with E-state index in [0.717, 1.165) is 10.9 Å². The molecule has 1 amide bonds. The van der Waals surface area contributed by atoms with Crippen LogP contribution in [0.15, 0.2) is 60.3 Å². The summed E-state index contributed by atoms with van der Waals surface area (Å²) in [5.41, 5.74) is 1.86. The minimum atomic E-state index is -0.515. The Kier molecular flexibility index (Phi) is 6.96. The number of hydrogen-bond acceptors (Lipinski definition) is 5. The van der Waals surface area contributed by atoms with Crippen LogP contribution in [0, 0.1) is 11.3 Å². The smallest absolute Gasteiger partial charge is 0.266 e. The molecule has 28 heavy (non-hydrogen) atoms. The summed E-state index contributed by atoms with van der Waals surface area (Å²) < 4.78 is 10.6. The quantitative estimate of drug-likeness (QED) is 0.516. The molecule has 6 nitrogen and oxygen atoms in total. The van der Waals surface area contributed by atoms with Gasteiger partial charge in [0.1, 0.15) is 11.6 Å². The second kappa shape index (κ2) is 9.40. The van der Waals surface area contributed by atoms with E-state index in [1.165, 1.54) is 20.3 Å². The number of amides is 1.